The summed E-state index contributed by atoms with van der Waals surface area (Å²) in [4.78, 5) is 15.8. The summed E-state index contributed by atoms with van der Waals surface area (Å²) in [5, 5.41) is 4.33. The van der Waals surface area contributed by atoms with E-state index in [1.807, 2.05) is 23.7 Å². The minimum atomic E-state index is -3.93. The molecular formula is C22H24ClN5O5S. The third kappa shape index (κ3) is 4.58. The van der Waals surface area contributed by atoms with Gasteiger partial charge in [-0.25, -0.2) is 8.42 Å². The van der Waals surface area contributed by atoms with Gasteiger partial charge in [0.1, 0.15) is 5.69 Å². The highest BCUT2D eigenvalue weighted by Gasteiger charge is 2.20. The van der Waals surface area contributed by atoms with Gasteiger partial charge in [-0.2, -0.15) is 4.98 Å². The van der Waals surface area contributed by atoms with Gasteiger partial charge in [0.25, 0.3) is 10.0 Å². The third-order valence-corrected chi connectivity index (χ3v) is 6.60. The molecule has 0 fully saturated rings. The van der Waals surface area contributed by atoms with Crippen LogP contribution in [0.2, 0.25) is 0 Å². The number of carbonyl (C=O) groups excluding carboxylic acids is 1. The number of benzene rings is 2. The molecule has 2 heterocycles. The second-order valence-electron chi connectivity index (χ2n) is 7.24. The normalized spacial score (nSPS) is 11.2. The van der Waals surface area contributed by atoms with Crippen molar-refractivity contribution >= 4 is 61.5 Å². The zero-order chi connectivity index (χ0) is 23.8. The fourth-order valence-corrected chi connectivity index (χ4v) is 4.70. The number of rotatable bonds is 7. The number of sulfonamides is 1. The maximum Gasteiger partial charge on any atom is 0.262 e. The number of methoxy groups -OCH3 is 2. The summed E-state index contributed by atoms with van der Waals surface area (Å²) in [6.45, 7) is -0.115. The van der Waals surface area contributed by atoms with Crippen LogP contribution in [0.1, 0.15) is 0 Å². The quantitative estimate of drug-likeness (QED) is 0.351. The van der Waals surface area contributed by atoms with Gasteiger partial charge in [-0.1, -0.05) is 6.07 Å². The standard InChI is InChI=1S/C22H23N5O5S.ClH/c1-27-18-8-5-14(33(29,30)26-17-7-9-21(31-2)25-22(17)32-3)11-16(18)15-6-4-13(10-19(15)27)24-20(28)12-23;/h4-11,26H,12,23H2,1-3H3,(H,24,28);1H. The molecule has 0 aliphatic rings. The maximum atomic E-state index is 13.1. The minimum absolute atomic E-state index is 0. The van der Waals surface area contributed by atoms with Crippen LogP contribution in [0, 0.1) is 0 Å². The summed E-state index contributed by atoms with van der Waals surface area (Å²) in [7, 11) is 0.793. The molecule has 0 radical (unpaired) electrons. The van der Waals surface area contributed by atoms with Crippen molar-refractivity contribution in [2.24, 2.45) is 12.8 Å². The van der Waals surface area contributed by atoms with Gasteiger partial charge in [-0.15, -0.1) is 12.4 Å². The van der Waals surface area contributed by atoms with Crippen molar-refractivity contribution in [3.63, 3.8) is 0 Å². The zero-order valence-electron chi connectivity index (χ0n) is 18.7. The monoisotopic (exact) mass is 505 g/mol. The lowest BCUT2D eigenvalue weighted by atomic mass is 10.1. The van der Waals surface area contributed by atoms with Crippen LogP contribution < -0.4 is 25.2 Å². The molecule has 1 amide bonds. The van der Waals surface area contributed by atoms with Crippen LogP contribution in [0.3, 0.4) is 0 Å². The van der Waals surface area contributed by atoms with Crippen LogP contribution in [-0.4, -0.2) is 44.6 Å². The number of aromatic nitrogens is 2. The molecular weight excluding hydrogens is 482 g/mol. The molecule has 10 nitrogen and oxygen atoms in total. The second-order valence-corrected chi connectivity index (χ2v) is 8.92. The lowest BCUT2D eigenvalue weighted by Crippen LogP contribution is -2.21. The average molecular weight is 506 g/mol. The Kier molecular flexibility index (Phi) is 7.20. The van der Waals surface area contributed by atoms with Gasteiger partial charge in [0.2, 0.25) is 17.7 Å². The van der Waals surface area contributed by atoms with Crippen molar-refractivity contribution < 1.29 is 22.7 Å². The van der Waals surface area contributed by atoms with Crippen LogP contribution >= 0.6 is 12.4 Å². The number of carbonyl (C=O) groups is 1. The van der Waals surface area contributed by atoms with Crippen LogP contribution in [0.5, 0.6) is 11.8 Å². The topological polar surface area (TPSA) is 138 Å². The molecule has 0 bridgehead atoms. The predicted molar refractivity (Wildman–Crippen MR) is 134 cm³/mol. The smallest absolute Gasteiger partial charge is 0.262 e. The van der Waals surface area contributed by atoms with Crippen LogP contribution in [0.25, 0.3) is 21.8 Å². The molecule has 0 unspecified atom stereocenters. The second kappa shape index (κ2) is 9.75. The Bertz CT molecular complexity index is 1490. The number of nitrogens with one attached hydrogen (secondary N) is 2. The van der Waals surface area contributed by atoms with E-state index in [0.717, 1.165) is 21.8 Å². The molecule has 0 saturated heterocycles. The van der Waals surface area contributed by atoms with E-state index in [2.05, 4.69) is 15.0 Å². The Labute approximate surface area is 202 Å². The maximum absolute atomic E-state index is 13.1. The fourth-order valence-electron chi connectivity index (χ4n) is 3.62. The van der Waals surface area contributed by atoms with E-state index in [0.29, 0.717) is 11.6 Å². The number of fused-ring (bicyclic) bond motifs is 3. The SMILES string of the molecule is COc1ccc(NS(=O)(=O)c2ccc3c(c2)c2ccc(NC(=O)CN)cc2n3C)c(OC)n1.Cl. The molecule has 4 rings (SSSR count). The van der Waals surface area contributed by atoms with E-state index in [-0.39, 0.29) is 41.3 Å². The third-order valence-electron chi connectivity index (χ3n) is 5.24. The van der Waals surface area contributed by atoms with Crippen LogP contribution in [-0.2, 0) is 21.9 Å². The molecule has 0 aliphatic carbocycles. The molecule has 4 N–H and O–H groups in total. The molecule has 12 heteroatoms. The number of nitrogens with zero attached hydrogens (tertiary/aromatic N) is 2. The summed E-state index contributed by atoms with van der Waals surface area (Å²) in [6.07, 6.45) is 0. The highest BCUT2D eigenvalue weighted by Crippen LogP contribution is 2.33. The molecule has 0 spiro atoms. The molecule has 2 aromatic carbocycles. The number of hydrogen-bond acceptors (Lipinski definition) is 7. The van der Waals surface area contributed by atoms with Gasteiger partial charge in [-0.05, 0) is 36.4 Å². The number of nitrogens with two attached hydrogens (primary N) is 1. The number of anilines is 2. The Morgan fingerprint density at radius 2 is 1.79 bits per heavy atom. The van der Waals surface area contributed by atoms with Gasteiger partial charge in [0, 0.05) is 35.1 Å². The van der Waals surface area contributed by atoms with Gasteiger partial charge in [0.15, 0.2) is 0 Å². The number of amides is 1. The van der Waals surface area contributed by atoms with Crippen LogP contribution in [0.4, 0.5) is 11.4 Å². The lowest BCUT2D eigenvalue weighted by Gasteiger charge is -2.12. The predicted octanol–water partition coefficient (Wildman–Crippen LogP) is 2.86. The highest BCUT2D eigenvalue weighted by atomic mass is 35.5. The van der Waals surface area contributed by atoms with E-state index in [4.69, 9.17) is 15.2 Å². The van der Waals surface area contributed by atoms with Crippen molar-refractivity contribution in [2.45, 2.75) is 4.90 Å². The van der Waals surface area contributed by atoms with Crippen LogP contribution in [0.15, 0.2) is 53.4 Å². The van der Waals surface area contributed by atoms with Crippen molar-refractivity contribution in [1.82, 2.24) is 9.55 Å². The summed E-state index contributed by atoms with van der Waals surface area (Å²) in [5.74, 6) is 0.0984. The largest absolute Gasteiger partial charge is 0.481 e. The van der Waals surface area contributed by atoms with Gasteiger partial charge in [0.05, 0.1) is 31.2 Å². The van der Waals surface area contributed by atoms with E-state index < -0.39 is 10.0 Å². The molecule has 2 aromatic heterocycles. The van der Waals surface area contributed by atoms with Gasteiger partial charge < -0.3 is 25.1 Å². The summed E-state index contributed by atoms with van der Waals surface area (Å²) in [5.41, 5.74) is 7.85. The first-order valence-corrected chi connectivity index (χ1v) is 11.4. The number of pyridine rings is 1. The molecule has 0 aliphatic heterocycles. The Morgan fingerprint density at radius 1 is 1.03 bits per heavy atom. The summed E-state index contributed by atoms with van der Waals surface area (Å²) < 4.78 is 41.0. The molecule has 0 saturated carbocycles. The number of halogens is 1. The molecule has 180 valence electrons. The summed E-state index contributed by atoms with van der Waals surface area (Å²) >= 11 is 0. The van der Waals surface area contributed by atoms with Crippen molar-refractivity contribution in [2.75, 3.05) is 30.8 Å². The lowest BCUT2D eigenvalue weighted by molar-refractivity contribution is -0.114. The van der Waals surface area contributed by atoms with E-state index in [1.165, 1.54) is 32.4 Å². The van der Waals surface area contributed by atoms with Crippen molar-refractivity contribution in [3.8, 4) is 11.8 Å². The summed E-state index contributed by atoms with van der Waals surface area (Å²) in [6, 6.07) is 13.4. The minimum Gasteiger partial charge on any atom is -0.481 e. The first-order valence-electron chi connectivity index (χ1n) is 9.91. The van der Waals surface area contributed by atoms with E-state index >= 15 is 0 Å². The first kappa shape index (κ1) is 25.1. The van der Waals surface area contributed by atoms with Gasteiger partial charge in [-0.3, -0.25) is 9.52 Å². The molecule has 4 aromatic rings. The molecule has 34 heavy (non-hydrogen) atoms. The Balaban J connectivity index is 0.00000324. The highest BCUT2D eigenvalue weighted by molar-refractivity contribution is 7.92. The Morgan fingerprint density at radius 3 is 2.47 bits per heavy atom. The number of ether oxygens (including phenoxy) is 2. The van der Waals surface area contributed by atoms with E-state index in [9.17, 15) is 13.2 Å². The Hall–Kier alpha value is -3.54. The number of aryl methyl sites for hydroxylation is 1. The fraction of sp³-hybridized carbons (Fsp3) is 0.182. The van der Waals surface area contributed by atoms with Crippen molar-refractivity contribution in [1.29, 1.82) is 0 Å². The van der Waals surface area contributed by atoms with Gasteiger partial charge >= 0.3 is 0 Å². The van der Waals surface area contributed by atoms with E-state index in [1.54, 1.807) is 18.2 Å². The average Bonchev–Trinajstić information content (AvgIpc) is 3.10. The van der Waals surface area contributed by atoms with Crippen molar-refractivity contribution in [3.05, 3.63) is 48.5 Å². The zero-order valence-corrected chi connectivity index (χ0v) is 20.3. The first-order chi connectivity index (χ1) is 15.8. The molecule has 0 atom stereocenters. The number of hydrogen-bond donors (Lipinski definition) is 3.